The van der Waals surface area contributed by atoms with Crippen LogP contribution in [0.25, 0.3) is 11.1 Å². The SMILES string of the molecule is CC1(C)Cc2cc(-c3ccc(C(F)(F)F)cc3)ccc2N([S+](O)c2ccc(Br)c(F)c2)C1. The fourth-order valence-corrected chi connectivity index (χ4v) is 5.65. The molecule has 1 atom stereocenters. The Morgan fingerprint density at radius 3 is 2.25 bits per heavy atom. The molecule has 4 rings (SSSR count). The van der Waals surface area contributed by atoms with Crippen LogP contribution in [0.1, 0.15) is 25.0 Å². The largest absolute Gasteiger partial charge is 0.416 e. The van der Waals surface area contributed by atoms with Gasteiger partial charge in [-0.3, -0.25) is 0 Å². The highest BCUT2D eigenvalue weighted by molar-refractivity contribution is 9.10. The minimum atomic E-state index is -4.37. The van der Waals surface area contributed by atoms with Gasteiger partial charge in [-0.15, -0.1) is 0 Å². The van der Waals surface area contributed by atoms with Gasteiger partial charge < -0.3 is 0 Å². The van der Waals surface area contributed by atoms with Crippen LogP contribution in [0.3, 0.4) is 0 Å². The van der Waals surface area contributed by atoms with E-state index in [1.54, 1.807) is 12.1 Å². The molecule has 0 aromatic heterocycles. The van der Waals surface area contributed by atoms with Crippen molar-refractivity contribution >= 4 is 33.0 Å². The molecule has 1 N–H and O–H groups in total. The van der Waals surface area contributed by atoms with Crippen molar-refractivity contribution in [1.82, 2.24) is 0 Å². The molecule has 1 heterocycles. The van der Waals surface area contributed by atoms with E-state index in [2.05, 4.69) is 29.8 Å². The van der Waals surface area contributed by atoms with E-state index in [0.717, 1.165) is 35.4 Å². The van der Waals surface area contributed by atoms with Gasteiger partial charge in [0, 0.05) is 12.1 Å². The molecule has 0 spiro atoms. The molecule has 0 bridgehead atoms. The smallest absolute Gasteiger partial charge is 0.206 e. The van der Waals surface area contributed by atoms with Gasteiger partial charge >= 0.3 is 17.5 Å². The molecule has 32 heavy (non-hydrogen) atoms. The van der Waals surface area contributed by atoms with E-state index >= 15 is 0 Å². The number of nitrogens with zero attached hydrogens (tertiary/aromatic N) is 1. The van der Waals surface area contributed by atoms with Crippen molar-refractivity contribution < 1.29 is 22.1 Å². The molecule has 1 unspecified atom stereocenters. The van der Waals surface area contributed by atoms with E-state index in [1.807, 2.05) is 22.5 Å². The standard InChI is InChI=1S/C24H21BrF4NOS/c1-23(2)13-17-11-16(15-3-6-18(7-4-15)24(27,28)29)5-10-22(17)30(14-23)32(31)19-8-9-20(25)21(26)12-19/h3-12,31H,13-14H2,1-2H3/q+1. The van der Waals surface area contributed by atoms with Gasteiger partial charge in [-0.25, -0.2) is 4.39 Å². The van der Waals surface area contributed by atoms with Crippen LogP contribution in [0.4, 0.5) is 23.2 Å². The molecule has 0 radical (unpaired) electrons. The molecule has 1 aliphatic heterocycles. The van der Waals surface area contributed by atoms with Crippen LogP contribution in [0, 0.1) is 11.2 Å². The molecular weight excluding hydrogens is 506 g/mol. The summed E-state index contributed by atoms with van der Waals surface area (Å²) >= 11 is 1.77. The Hall–Kier alpha value is -2.03. The van der Waals surface area contributed by atoms with Gasteiger partial charge in [0.25, 0.3) is 0 Å². The van der Waals surface area contributed by atoms with Crippen LogP contribution < -0.4 is 4.31 Å². The third kappa shape index (κ3) is 4.67. The summed E-state index contributed by atoms with van der Waals surface area (Å²) in [5.74, 6) is -0.441. The van der Waals surface area contributed by atoms with E-state index in [0.29, 0.717) is 21.5 Å². The first-order valence-corrected chi connectivity index (χ1v) is 11.8. The molecule has 0 fully saturated rings. The first-order valence-electron chi connectivity index (χ1n) is 9.91. The lowest BCUT2D eigenvalue weighted by Gasteiger charge is -2.36. The average molecular weight is 527 g/mol. The first kappa shape index (κ1) is 23.1. The summed E-state index contributed by atoms with van der Waals surface area (Å²) in [6.07, 6.45) is -3.62. The maximum atomic E-state index is 14.1. The second-order valence-corrected chi connectivity index (χ2v) is 10.9. The first-order chi connectivity index (χ1) is 14.9. The van der Waals surface area contributed by atoms with E-state index in [9.17, 15) is 22.1 Å². The Labute approximate surface area is 195 Å². The van der Waals surface area contributed by atoms with Gasteiger partial charge in [-0.1, -0.05) is 32.0 Å². The zero-order chi connectivity index (χ0) is 23.3. The molecule has 1 aliphatic rings. The number of hydrogen-bond donors (Lipinski definition) is 1. The second-order valence-electron chi connectivity index (χ2n) is 8.64. The maximum Gasteiger partial charge on any atom is 0.416 e. The molecule has 0 amide bonds. The Bertz CT molecular complexity index is 1150. The lowest BCUT2D eigenvalue weighted by molar-refractivity contribution is -0.137. The van der Waals surface area contributed by atoms with E-state index in [-0.39, 0.29) is 5.41 Å². The monoisotopic (exact) mass is 526 g/mol. The number of fused-ring (bicyclic) bond motifs is 1. The molecule has 0 aliphatic carbocycles. The van der Waals surface area contributed by atoms with Crippen molar-refractivity contribution in [2.24, 2.45) is 5.41 Å². The zero-order valence-corrected chi connectivity index (χ0v) is 19.8. The Balaban J connectivity index is 1.70. The molecule has 0 saturated carbocycles. The summed E-state index contributed by atoms with van der Waals surface area (Å²) in [6, 6.07) is 15.4. The summed E-state index contributed by atoms with van der Waals surface area (Å²) in [7, 11) is 0. The van der Waals surface area contributed by atoms with E-state index in [1.165, 1.54) is 18.2 Å². The van der Waals surface area contributed by atoms with E-state index < -0.39 is 28.9 Å². The second kappa shape index (κ2) is 8.39. The van der Waals surface area contributed by atoms with Gasteiger partial charge in [0.05, 0.1) is 22.3 Å². The lowest BCUT2D eigenvalue weighted by atomic mass is 9.81. The quantitative estimate of drug-likeness (QED) is 0.278. The molecular formula is C24H21BrF4NOS+. The van der Waals surface area contributed by atoms with Crippen molar-refractivity contribution in [2.45, 2.75) is 31.3 Å². The van der Waals surface area contributed by atoms with Crippen LogP contribution in [-0.2, 0) is 24.0 Å². The van der Waals surface area contributed by atoms with E-state index in [4.69, 9.17) is 0 Å². The highest BCUT2D eigenvalue weighted by atomic mass is 79.9. The third-order valence-electron chi connectivity index (χ3n) is 5.45. The lowest BCUT2D eigenvalue weighted by Crippen LogP contribution is -2.43. The Morgan fingerprint density at radius 2 is 1.62 bits per heavy atom. The number of halogens is 5. The van der Waals surface area contributed by atoms with Crippen molar-refractivity contribution in [1.29, 1.82) is 0 Å². The average Bonchev–Trinajstić information content (AvgIpc) is 2.73. The normalized spacial score (nSPS) is 16.6. The van der Waals surface area contributed by atoms with Crippen molar-refractivity contribution in [3.63, 3.8) is 0 Å². The summed E-state index contributed by atoms with van der Waals surface area (Å²) in [4.78, 5) is 0.473. The molecule has 2 nitrogen and oxygen atoms in total. The fourth-order valence-electron chi connectivity index (χ4n) is 3.92. The molecule has 3 aromatic rings. The summed E-state index contributed by atoms with van der Waals surface area (Å²) in [5, 5.41) is 0. The molecule has 8 heteroatoms. The highest BCUT2D eigenvalue weighted by Crippen LogP contribution is 2.41. The summed E-state index contributed by atoms with van der Waals surface area (Å²) in [6.45, 7) is 4.76. The summed E-state index contributed by atoms with van der Waals surface area (Å²) < 4.78 is 66.0. The topological polar surface area (TPSA) is 23.5 Å². The zero-order valence-electron chi connectivity index (χ0n) is 17.4. The van der Waals surface area contributed by atoms with Gasteiger partial charge in [0.15, 0.2) is 0 Å². The molecule has 168 valence electrons. The summed E-state index contributed by atoms with van der Waals surface area (Å²) in [5.41, 5.74) is 2.49. The third-order valence-corrected chi connectivity index (χ3v) is 7.51. The van der Waals surface area contributed by atoms with Crippen molar-refractivity contribution in [3.05, 3.63) is 82.1 Å². The van der Waals surface area contributed by atoms with Crippen LogP contribution in [-0.4, -0.2) is 11.1 Å². The van der Waals surface area contributed by atoms with Gasteiger partial charge in [0.2, 0.25) is 4.90 Å². The number of anilines is 1. The van der Waals surface area contributed by atoms with Crippen LogP contribution in [0.15, 0.2) is 70.0 Å². The predicted octanol–water partition coefficient (Wildman–Crippen LogP) is 7.73. The minimum Gasteiger partial charge on any atom is -0.206 e. The number of rotatable bonds is 3. The molecule has 0 saturated heterocycles. The number of alkyl halides is 3. The number of hydrogen-bond acceptors (Lipinski definition) is 2. The Kier molecular flexibility index (Phi) is 6.07. The minimum absolute atomic E-state index is 0.159. The van der Waals surface area contributed by atoms with Crippen LogP contribution >= 0.6 is 15.9 Å². The van der Waals surface area contributed by atoms with Gasteiger partial charge in [-0.2, -0.15) is 22.0 Å². The maximum absolute atomic E-state index is 14.1. The molecule has 3 aromatic carbocycles. The predicted molar refractivity (Wildman–Crippen MR) is 124 cm³/mol. The number of benzene rings is 3. The van der Waals surface area contributed by atoms with Crippen molar-refractivity contribution in [2.75, 3.05) is 10.8 Å². The van der Waals surface area contributed by atoms with Gasteiger partial charge in [-0.05, 0) is 74.8 Å². The van der Waals surface area contributed by atoms with Crippen molar-refractivity contribution in [3.8, 4) is 11.1 Å². The highest BCUT2D eigenvalue weighted by Gasteiger charge is 2.41. The Morgan fingerprint density at radius 1 is 0.969 bits per heavy atom. The fraction of sp³-hybridized carbons (Fsp3) is 0.250. The van der Waals surface area contributed by atoms with Crippen LogP contribution in [0.2, 0.25) is 0 Å². The van der Waals surface area contributed by atoms with Gasteiger partial charge in [0.1, 0.15) is 5.82 Å². The van der Waals surface area contributed by atoms with Crippen LogP contribution in [0.5, 0.6) is 0 Å².